The number of rotatable bonds is 6. The van der Waals surface area contributed by atoms with E-state index in [-0.39, 0.29) is 85.9 Å². The van der Waals surface area contributed by atoms with Crippen molar-refractivity contribution in [2.24, 2.45) is 0 Å². The number of carbonyl (C=O) groups is 5. The summed E-state index contributed by atoms with van der Waals surface area (Å²) in [5.74, 6) is -2.07. The number of hydrogen-bond donors (Lipinski definition) is 4. The molecule has 4 N–H and O–H groups in total. The van der Waals surface area contributed by atoms with E-state index in [0.29, 0.717) is 38.9 Å². The molecule has 0 aliphatic carbocycles. The first-order valence-electron chi connectivity index (χ1n) is 20.3. The first-order valence-corrected chi connectivity index (χ1v) is 20.3. The van der Waals surface area contributed by atoms with Crippen molar-refractivity contribution in [2.75, 3.05) is 53.1 Å². The number of halogens is 1. The third-order valence-corrected chi connectivity index (χ3v) is 10.8. The van der Waals surface area contributed by atoms with Gasteiger partial charge in [-0.3, -0.25) is 24.0 Å². The highest BCUT2D eigenvalue weighted by Gasteiger charge is 2.36. The second-order valence-corrected chi connectivity index (χ2v) is 15.2. The highest BCUT2D eigenvalue weighted by atomic mass is 19.1. The molecular weight excluding hydrogens is 770 g/mol. The van der Waals surface area contributed by atoms with Crippen LogP contribution in [0.15, 0.2) is 103 Å². The molecule has 2 heterocycles. The minimum Gasteiger partial charge on any atom is -0.493 e. The average Bonchev–Trinajstić information content (AvgIpc) is 3.26. The Bertz CT molecular complexity index is 2110. The van der Waals surface area contributed by atoms with Crippen LogP contribution in [0.4, 0.5) is 4.39 Å². The van der Waals surface area contributed by atoms with Gasteiger partial charge in [0.2, 0.25) is 17.7 Å². The molecule has 0 bridgehead atoms. The molecule has 316 valence electrons. The predicted molar refractivity (Wildman–Crippen MR) is 222 cm³/mol. The van der Waals surface area contributed by atoms with Crippen molar-refractivity contribution in [3.05, 3.63) is 131 Å². The van der Waals surface area contributed by atoms with Crippen LogP contribution in [0.5, 0.6) is 11.5 Å². The highest BCUT2D eigenvalue weighted by molar-refractivity contribution is 6.00. The Hall–Kier alpha value is -6.28. The average molecular weight is 822 g/mol. The summed E-state index contributed by atoms with van der Waals surface area (Å²) in [6.07, 6.45) is 1.70. The van der Waals surface area contributed by atoms with E-state index in [1.165, 1.54) is 24.1 Å². The lowest BCUT2D eigenvalue weighted by Gasteiger charge is -2.38. The van der Waals surface area contributed by atoms with Crippen molar-refractivity contribution in [2.45, 2.75) is 56.0 Å². The van der Waals surface area contributed by atoms with Crippen LogP contribution in [-0.4, -0.2) is 99.6 Å². The van der Waals surface area contributed by atoms with Gasteiger partial charge in [-0.2, -0.15) is 0 Å². The van der Waals surface area contributed by atoms with Crippen LogP contribution >= 0.6 is 0 Å². The number of nitrogens with one attached hydrogen (secondary N) is 4. The Morgan fingerprint density at radius 3 is 2.27 bits per heavy atom. The number of para-hydroxylation sites is 2. The van der Waals surface area contributed by atoms with Gasteiger partial charge in [0.05, 0.1) is 30.3 Å². The second kappa shape index (κ2) is 21.1. The van der Waals surface area contributed by atoms with Crippen LogP contribution in [0.3, 0.4) is 0 Å². The number of carbonyl (C=O) groups excluding carboxylic acids is 5. The Kier molecular flexibility index (Phi) is 15.2. The Labute approximate surface area is 349 Å². The molecule has 0 radical (unpaired) electrons. The summed E-state index contributed by atoms with van der Waals surface area (Å²) in [6.45, 7) is 1.24. The summed E-state index contributed by atoms with van der Waals surface area (Å²) in [7, 11) is 1.53. The zero-order valence-electron chi connectivity index (χ0n) is 33.8. The lowest BCUT2D eigenvalue weighted by Crippen LogP contribution is -2.52. The third-order valence-electron chi connectivity index (χ3n) is 10.8. The molecule has 4 aromatic carbocycles. The first kappa shape index (κ1) is 43.3. The van der Waals surface area contributed by atoms with Crippen molar-refractivity contribution in [3.8, 4) is 11.5 Å². The highest BCUT2D eigenvalue weighted by Crippen LogP contribution is 2.35. The molecule has 5 amide bonds. The van der Waals surface area contributed by atoms with Crippen LogP contribution in [0.25, 0.3) is 0 Å². The van der Waals surface area contributed by atoms with Gasteiger partial charge in [-0.1, -0.05) is 66.7 Å². The molecule has 1 saturated heterocycles. The molecule has 14 heteroatoms. The van der Waals surface area contributed by atoms with E-state index < -0.39 is 35.2 Å². The van der Waals surface area contributed by atoms with E-state index in [9.17, 15) is 28.4 Å². The molecule has 2 atom stereocenters. The minimum absolute atomic E-state index is 0.00155. The van der Waals surface area contributed by atoms with Gasteiger partial charge in [-0.05, 0) is 79.6 Å². The summed E-state index contributed by atoms with van der Waals surface area (Å²) in [4.78, 5) is 69.5. The van der Waals surface area contributed by atoms with Crippen LogP contribution in [0, 0.1) is 5.82 Å². The van der Waals surface area contributed by atoms with Crippen molar-refractivity contribution in [1.82, 2.24) is 26.2 Å². The zero-order valence-corrected chi connectivity index (χ0v) is 33.8. The topological polar surface area (TPSA) is 164 Å². The SMILES string of the molecule is CN1CC(=O)NCCCOc2ccccc2C(=O)N[C@H](C(=O)NCC2(c3cccc(F)c3)CCOCC2)CCC(=O)N[C@H](Cc2ccccc2)COc2ccccc2C1=O. The van der Waals surface area contributed by atoms with E-state index in [4.69, 9.17) is 14.2 Å². The molecule has 13 nitrogen and oxygen atoms in total. The number of benzene rings is 4. The summed E-state index contributed by atoms with van der Waals surface area (Å²) in [6, 6.07) is 27.5. The van der Waals surface area contributed by atoms with E-state index in [1.54, 1.807) is 54.6 Å². The number of hydrogen-bond acceptors (Lipinski definition) is 8. The van der Waals surface area contributed by atoms with Crippen molar-refractivity contribution in [3.63, 3.8) is 0 Å². The van der Waals surface area contributed by atoms with Crippen molar-refractivity contribution < 1.29 is 42.6 Å². The summed E-state index contributed by atoms with van der Waals surface area (Å²) in [5, 5.41) is 11.7. The fourth-order valence-electron chi connectivity index (χ4n) is 7.43. The largest absolute Gasteiger partial charge is 0.493 e. The van der Waals surface area contributed by atoms with Gasteiger partial charge in [0, 0.05) is 45.2 Å². The Morgan fingerprint density at radius 1 is 0.817 bits per heavy atom. The van der Waals surface area contributed by atoms with Crippen molar-refractivity contribution >= 4 is 29.5 Å². The molecule has 0 unspecified atom stereocenters. The molecular formula is C46H52FN5O8. The smallest absolute Gasteiger partial charge is 0.257 e. The minimum atomic E-state index is -1.14. The van der Waals surface area contributed by atoms with Gasteiger partial charge in [0.25, 0.3) is 11.8 Å². The van der Waals surface area contributed by atoms with E-state index in [0.717, 1.165) is 11.1 Å². The van der Waals surface area contributed by atoms with Gasteiger partial charge >= 0.3 is 0 Å². The molecule has 1 fully saturated rings. The van der Waals surface area contributed by atoms with Crippen LogP contribution in [0.2, 0.25) is 0 Å². The number of likely N-dealkylation sites (N-methyl/N-ethyl adjacent to an activating group) is 1. The number of fused-ring (bicyclic) bond motifs is 2. The van der Waals surface area contributed by atoms with Crippen LogP contribution in [0.1, 0.15) is 63.9 Å². The van der Waals surface area contributed by atoms with Gasteiger partial charge in [0.1, 0.15) is 30.0 Å². The van der Waals surface area contributed by atoms with Crippen LogP contribution in [-0.2, 0) is 31.0 Å². The fraction of sp³-hybridized carbons (Fsp3) is 0.370. The summed E-state index contributed by atoms with van der Waals surface area (Å²) < 4.78 is 32.3. The Morgan fingerprint density at radius 2 is 1.52 bits per heavy atom. The standard InChI is InChI=1S/C46H52FN5O8/c1-52-29-42(54)48-23-10-24-59-39-17-7-5-15-36(39)43(55)51-38(44(56)49-31-46(21-25-58-26-22-46)33-13-9-14-34(47)28-33)19-20-41(53)50-35(27-32-11-3-2-4-12-32)30-60-40-18-8-6-16-37(40)45(52)57/h2-9,11-18,28,35,38H,10,19-27,29-31H2,1H3,(H,48,54)(H,49,56)(H,50,53)(H,51,55)/t35-,38+/m1/s1. The number of ether oxygens (including phenoxy) is 3. The monoisotopic (exact) mass is 821 g/mol. The molecule has 0 spiro atoms. The maximum Gasteiger partial charge on any atom is 0.257 e. The van der Waals surface area contributed by atoms with Crippen molar-refractivity contribution in [1.29, 1.82) is 0 Å². The molecule has 0 saturated carbocycles. The summed E-state index contributed by atoms with van der Waals surface area (Å²) in [5.41, 5.74) is 1.51. The lowest BCUT2D eigenvalue weighted by molar-refractivity contribution is -0.125. The molecule has 0 aromatic heterocycles. The first-order chi connectivity index (χ1) is 29.1. The maximum absolute atomic E-state index is 14.4. The molecule has 6 rings (SSSR count). The van der Waals surface area contributed by atoms with Gasteiger partial charge in [0.15, 0.2) is 0 Å². The van der Waals surface area contributed by atoms with Gasteiger partial charge < -0.3 is 40.4 Å². The molecule has 60 heavy (non-hydrogen) atoms. The molecule has 4 aromatic rings. The molecule has 2 aliphatic rings. The third kappa shape index (κ3) is 11.9. The normalized spacial score (nSPS) is 19.8. The van der Waals surface area contributed by atoms with E-state index in [1.807, 2.05) is 36.4 Å². The molecule has 2 aliphatic heterocycles. The lowest BCUT2D eigenvalue weighted by atomic mass is 9.74. The summed E-state index contributed by atoms with van der Waals surface area (Å²) >= 11 is 0. The second-order valence-electron chi connectivity index (χ2n) is 15.2. The van der Waals surface area contributed by atoms with Gasteiger partial charge in [-0.15, -0.1) is 0 Å². The van der Waals surface area contributed by atoms with E-state index in [2.05, 4.69) is 21.3 Å². The Balaban J connectivity index is 1.26. The zero-order chi connectivity index (χ0) is 42.3. The number of amides is 5. The van der Waals surface area contributed by atoms with Gasteiger partial charge in [-0.25, -0.2) is 4.39 Å². The van der Waals surface area contributed by atoms with Crippen LogP contribution < -0.4 is 30.7 Å². The fourth-order valence-corrected chi connectivity index (χ4v) is 7.43. The van der Waals surface area contributed by atoms with E-state index >= 15 is 0 Å². The number of nitrogens with zero attached hydrogens (tertiary/aromatic N) is 1. The predicted octanol–water partition coefficient (Wildman–Crippen LogP) is 4.35. The maximum atomic E-state index is 14.4. The quantitative estimate of drug-likeness (QED) is 0.223.